The van der Waals surface area contributed by atoms with Crippen molar-refractivity contribution in [2.45, 2.75) is 32.9 Å². The molecule has 0 aliphatic heterocycles. The highest BCUT2D eigenvalue weighted by Crippen LogP contribution is 2.22. The number of benzene rings is 1. The maximum atomic E-state index is 4.21. The van der Waals surface area contributed by atoms with E-state index in [1.807, 2.05) is 0 Å². The van der Waals surface area contributed by atoms with E-state index in [9.17, 15) is 0 Å². The number of hydrogen-bond acceptors (Lipinski definition) is 0. The van der Waals surface area contributed by atoms with Gasteiger partial charge in [-0.3, -0.25) is 0 Å². The summed E-state index contributed by atoms with van der Waals surface area (Å²) >= 11 is 0. The Morgan fingerprint density at radius 2 is 1.64 bits per heavy atom. The van der Waals surface area contributed by atoms with Gasteiger partial charge in [0.15, 0.2) is 0 Å². The molecule has 0 amide bonds. The predicted octanol–water partition coefficient (Wildman–Crippen LogP) is 3.50. The lowest BCUT2D eigenvalue weighted by Gasteiger charge is -2.30. The molecule has 0 aliphatic carbocycles. The molecule has 0 saturated heterocycles. The van der Waals surface area contributed by atoms with Crippen molar-refractivity contribution in [3.05, 3.63) is 42.1 Å². The molecule has 14 heavy (non-hydrogen) atoms. The molecule has 0 atom stereocenters. The van der Waals surface area contributed by atoms with Gasteiger partial charge in [0.25, 0.3) is 0 Å². The molecule has 1 rings (SSSR count). The summed E-state index contributed by atoms with van der Waals surface area (Å²) in [6, 6.07) is 13.5. The SMILES string of the molecule is C=C(C)[Si](CC)(CC)c1ccccc1. The zero-order valence-corrected chi connectivity index (χ0v) is 10.5. The molecule has 1 aromatic carbocycles. The van der Waals surface area contributed by atoms with Gasteiger partial charge in [-0.05, 0) is 6.92 Å². The predicted molar refractivity (Wildman–Crippen MR) is 67.6 cm³/mol. The van der Waals surface area contributed by atoms with Gasteiger partial charge in [0, 0.05) is 0 Å². The topological polar surface area (TPSA) is 0 Å². The average Bonchev–Trinajstić information content (AvgIpc) is 2.22. The van der Waals surface area contributed by atoms with Crippen molar-refractivity contribution >= 4 is 13.3 Å². The number of hydrogen-bond donors (Lipinski definition) is 0. The van der Waals surface area contributed by atoms with Crippen LogP contribution in [0, 0.1) is 0 Å². The molecule has 0 radical (unpaired) electrons. The molecule has 0 heterocycles. The van der Waals surface area contributed by atoms with Gasteiger partial charge in [-0.25, -0.2) is 0 Å². The van der Waals surface area contributed by atoms with E-state index in [0.29, 0.717) is 0 Å². The van der Waals surface area contributed by atoms with Crippen molar-refractivity contribution in [2.24, 2.45) is 0 Å². The first-order valence-electron chi connectivity index (χ1n) is 5.39. The van der Waals surface area contributed by atoms with Gasteiger partial charge < -0.3 is 0 Å². The molecule has 1 heteroatoms. The van der Waals surface area contributed by atoms with Gasteiger partial charge in [0.05, 0.1) is 0 Å². The second-order valence-electron chi connectivity index (χ2n) is 3.94. The van der Waals surface area contributed by atoms with E-state index in [2.05, 4.69) is 57.7 Å². The Kier molecular flexibility index (Phi) is 3.70. The van der Waals surface area contributed by atoms with Crippen molar-refractivity contribution in [3.63, 3.8) is 0 Å². The Morgan fingerprint density at radius 3 is 2.00 bits per heavy atom. The molecule has 1 aromatic rings. The standard InChI is InChI=1S/C13H20Si/c1-5-14(6-2,12(3)4)13-10-8-7-9-11-13/h7-11H,3,5-6H2,1-2,4H3. The summed E-state index contributed by atoms with van der Waals surface area (Å²) in [7, 11) is -1.39. The Balaban J connectivity index is 3.18. The smallest absolute Gasteiger partial charge is 0.104 e. The zero-order chi connectivity index (χ0) is 10.6. The minimum Gasteiger partial charge on any atom is -0.104 e. The highest BCUT2D eigenvalue weighted by atomic mass is 28.3. The summed E-state index contributed by atoms with van der Waals surface area (Å²) in [5.41, 5.74) is 0. The third-order valence-electron chi connectivity index (χ3n) is 3.35. The zero-order valence-electron chi connectivity index (χ0n) is 9.51. The molecule has 0 saturated carbocycles. The van der Waals surface area contributed by atoms with E-state index in [-0.39, 0.29) is 0 Å². The molecule has 0 aliphatic rings. The van der Waals surface area contributed by atoms with Crippen LogP contribution in [0.5, 0.6) is 0 Å². The monoisotopic (exact) mass is 204 g/mol. The summed E-state index contributed by atoms with van der Waals surface area (Å²) in [4.78, 5) is 0. The van der Waals surface area contributed by atoms with Crippen LogP contribution in [0.2, 0.25) is 12.1 Å². The van der Waals surface area contributed by atoms with Crippen LogP contribution in [-0.2, 0) is 0 Å². The van der Waals surface area contributed by atoms with Crippen LogP contribution in [0.3, 0.4) is 0 Å². The van der Waals surface area contributed by atoms with Crippen LogP contribution in [-0.4, -0.2) is 8.07 Å². The first kappa shape index (κ1) is 11.3. The maximum absolute atomic E-state index is 4.21. The fourth-order valence-electron chi connectivity index (χ4n) is 2.27. The van der Waals surface area contributed by atoms with Crippen molar-refractivity contribution in [1.29, 1.82) is 0 Å². The van der Waals surface area contributed by atoms with Gasteiger partial charge in [0.1, 0.15) is 8.07 Å². The van der Waals surface area contributed by atoms with Crippen LogP contribution in [0.25, 0.3) is 0 Å². The quantitative estimate of drug-likeness (QED) is 0.659. The Bertz CT molecular complexity index is 296. The maximum Gasteiger partial charge on any atom is 0.112 e. The summed E-state index contributed by atoms with van der Waals surface area (Å²) in [5.74, 6) is 0. The van der Waals surface area contributed by atoms with Gasteiger partial charge >= 0.3 is 0 Å². The molecule has 0 spiro atoms. The van der Waals surface area contributed by atoms with Crippen LogP contribution < -0.4 is 5.19 Å². The van der Waals surface area contributed by atoms with Crippen molar-refractivity contribution in [1.82, 2.24) is 0 Å². The molecule has 0 bridgehead atoms. The molecular formula is C13H20Si. The van der Waals surface area contributed by atoms with Gasteiger partial charge in [-0.15, -0.1) is 6.58 Å². The van der Waals surface area contributed by atoms with Gasteiger partial charge in [-0.2, -0.15) is 0 Å². The van der Waals surface area contributed by atoms with E-state index >= 15 is 0 Å². The van der Waals surface area contributed by atoms with Crippen LogP contribution in [0.15, 0.2) is 42.1 Å². The highest BCUT2D eigenvalue weighted by molar-refractivity contribution is 6.97. The Morgan fingerprint density at radius 1 is 1.14 bits per heavy atom. The number of allylic oxidation sites excluding steroid dienone is 1. The fourth-order valence-corrected chi connectivity index (χ4v) is 6.11. The van der Waals surface area contributed by atoms with E-state index < -0.39 is 8.07 Å². The Hall–Kier alpha value is -0.823. The fraction of sp³-hybridized carbons (Fsp3) is 0.385. The largest absolute Gasteiger partial charge is 0.112 e. The van der Waals surface area contributed by atoms with Gasteiger partial charge in [0.2, 0.25) is 0 Å². The summed E-state index contributed by atoms with van der Waals surface area (Å²) in [5, 5.41) is 2.95. The highest BCUT2D eigenvalue weighted by Gasteiger charge is 2.31. The third kappa shape index (κ3) is 1.83. The summed E-state index contributed by atoms with van der Waals surface area (Å²) in [6.07, 6.45) is 0. The molecular weight excluding hydrogens is 184 g/mol. The average molecular weight is 204 g/mol. The second-order valence-corrected chi connectivity index (χ2v) is 8.94. The lowest BCUT2D eigenvalue weighted by atomic mass is 10.4. The molecule has 0 unspecified atom stereocenters. The Labute approximate surface area is 88.7 Å². The van der Waals surface area contributed by atoms with E-state index in [1.54, 1.807) is 0 Å². The summed E-state index contributed by atoms with van der Waals surface area (Å²) < 4.78 is 0. The van der Waals surface area contributed by atoms with Crippen LogP contribution >= 0.6 is 0 Å². The normalized spacial score (nSPS) is 11.4. The second kappa shape index (κ2) is 4.60. The summed E-state index contributed by atoms with van der Waals surface area (Å²) in [6.45, 7) is 11.0. The lowest BCUT2D eigenvalue weighted by molar-refractivity contribution is 1.26. The van der Waals surface area contributed by atoms with Gasteiger partial charge in [-0.1, -0.05) is 66.7 Å². The van der Waals surface area contributed by atoms with Crippen molar-refractivity contribution in [3.8, 4) is 0 Å². The third-order valence-corrected chi connectivity index (χ3v) is 8.84. The molecule has 0 fully saturated rings. The first-order chi connectivity index (χ1) is 6.67. The molecule has 76 valence electrons. The molecule has 0 aromatic heterocycles. The van der Waals surface area contributed by atoms with Crippen LogP contribution in [0.1, 0.15) is 20.8 Å². The first-order valence-corrected chi connectivity index (χ1v) is 7.80. The van der Waals surface area contributed by atoms with Crippen molar-refractivity contribution < 1.29 is 0 Å². The van der Waals surface area contributed by atoms with Crippen LogP contribution in [0.4, 0.5) is 0 Å². The minimum absolute atomic E-state index is 1.27. The lowest BCUT2D eigenvalue weighted by Crippen LogP contribution is -2.47. The van der Waals surface area contributed by atoms with E-state index in [0.717, 1.165) is 0 Å². The molecule has 0 nitrogen and oxygen atoms in total. The molecule has 0 N–H and O–H groups in total. The minimum atomic E-state index is -1.39. The van der Waals surface area contributed by atoms with E-state index in [4.69, 9.17) is 0 Å². The number of rotatable bonds is 4. The van der Waals surface area contributed by atoms with E-state index in [1.165, 1.54) is 22.5 Å². The van der Waals surface area contributed by atoms with Crippen molar-refractivity contribution in [2.75, 3.05) is 0 Å².